The number of hydrogen-bond donors (Lipinski definition) is 2. The predicted octanol–water partition coefficient (Wildman–Crippen LogP) is 1.47. The molecule has 1 aromatic carbocycles. The van der Waals surface area contributed by atoms with E-state index >= 15 is 0 Å². The molecule has 23 heavy (non-hydrogen) atoms. The third-order valence-electron chi connectivity index (χ3n) is 4.02. The number of morpholine rings is 1. The minimum Gasteiger partial charge on any atom is -0.379 e. The van der Waals surface area contributed by atoms with E-state index in [1.807, 2.05) is 0 Å². The Labute approximate surface area is 139 Å². The molecule has 0 amide bonds. The fourth-order valence-corrected chi connectivity index (χ4v) is 2.92. The van der Waals surface area contributed by atoms with E-state index in [9.17, 15) is 0 Å². The lowest BCUT2D eigenvalue weighted by Crippen LogP contribution is -2.37. The normalized spacial score (nSPS) is 16.5. The third-order valence-corrected chi connectivity index (χ3v) is 4.02. The second-order valence-electron chi connectivity index (χ2n) is 6.25. The molecular weight excluding hydrogens is 288 g/mol. The molecule has 0 unspecified atom stereocenters. The molecule has 0 radical (unpaired) electrons. The van der Waals surface area contributed by atoms with Gasteiger partial charge >= 0.3 is 0 Å². The number of benzene rings is 1. The highest BCUT2D eigenvalue weighted by Crippen LogP contribution is 2.08. The van der Waals surface area contributed by atoms with Crippen LogP contribution in [0.25, 0.3) is 0 Å². The van der Waals surface area contributed by atoms with Crippen LogP contribution in [0.1, 0.15) is 23.1 Å². The van der Waals surface area contributed by atoms with Crippen LogP contribution in [0.15, 0.2) is 23.2 Å². The van der Waals surface area contributed by atoms with Gasteiger partial charge in [0, 0.05) is 32.7 Å². The lowest BCUT2D eigenvalue weighted by atomic mass is 10.1. The Kier molecular flexibility index (Phi) is 7.36. The zero-order valence-corrected chi connectivity index (χ0v) is 14.5. The van der Waals surface area contributed by atoms with E-state index in [1.54, 1.807) is 0 Å². The topological polar surface area (TPSA) is 62.9 Å². The first-order valence-electron chi connectivity index (χ1n) is 8.54. The predicted molar refractivity (Wildman–Crippen MR) is 96.0 cm³/mol. The number of nitrogens with zero attached hydrogens (tertiary/aromatic N) is 2. The Morgan fingerprint density at radius 1 is 1.22 bits per heavy atom. The maximum atomic E-state index is 5.92. The van der Waals surface area contributed by atoms with Crippen molar-refractivity contribution in [1.29, 1.82) is 0 Å². The van der Waals surface area contributed by atoms with Crippen LogP contribution in [0.2, 0.25) is 0 Å². The van der Waals surface area contributed by atoms with Gasteiger partial charge in [0.25, 0.3) is 0 Å². The molecule has 2 rings (SSSR count). The van der Waals surface area contributed by atoms with Crippen LogP contribution in [0.3, 0.4) is 0 Å². The quantitative estimate of drug-likeness (QED) is 0.454. The Morgan fingerprint density at radius 3 is 2.61 bits per heavy atom. The molecule has 1 aliphatic heterocycles. The van der Waals surface area contributed by atoms with Gasteiger partial charge in [0.1, 0.15) is 0 Å². The summed E-state index contributed by atoms with van der Waals surface area (Å²) in [5.41, 5.74) is 9.88. The summed E-state index contributed by atoms with van der Waals surface area (Å²) in [7, 11) is 0. The fraction of sp³-hybridized carbons (Fsp3) is 0.611. The molecule has 3 N–H and O–H groups in total. The number of ether oxygens (including phenoxy) is 1. The largest absolute Gasteiger partial charge is 0.379 e. The molecule has 1 heterocycles. The van der Waals surface area contributed by atoms with Crippen molar-refractivity contribution in [3.8, 4) is 0 Å². The van der Waals surface area contributed by atoms with Gasteiger partial charge in [0.15, 0.2) is 5.96 Å². The Hall–Kier alpha value is -1.59. The summed E-state index contributed by atoms with van der Waals surface area (Å²) in [5.74, 6) is 0.552. The second kappa shape index (κ2) is 9.53. The van der Waals surface area contributed by atoms with Gasteiger partial charge in [-0.25, -0.2) is 0 Å². The zero-order valence-electron chi connectivity index (χ0n) is 14.5. The van der Waals surface area contributed by atoms with Crippen molar-refractivity contribution in [2.24, 2.45) is 10.7 Å². The summed E-state index contributed by atoms with van der Waals surface area (Å²) in [4.78, 5) is 6.82. The van der Waals surface area contributed by atoms with Gasteiger partial charge in [-0.1, -0.05) is 29.3 Å². The van der Waals surface area contributed by atoms with Crippen LogP contribution in [0.5, 0.6) is 0 Å². The van der Waals surface area contributed by atoms with E-state index in [4.69, 9.17) is 10.5 Å². The molecule has 1 aliphatic rings. The fourth-order valence-electron chi connectivity index (χ4n) is 2.92. The maximum Gasteiger partial charge on any atom is 0.188 e. The van der Waals surface area contributed by atoms with Gasteiger partial charge < -0.3 is 15.8 Å². The van der Waals surface area contributed by atoms with Crippen molar-refractivity contribution in [2.45, 2.75) is 26.7 Å². The number of guanidine groups is 1. The molecule has 0 aromatic heterocycles. The summed E-state index contributed by atoms with van der Waals surface area (Å²) in [6.07, 6.45) is 2.01. The highest BCUT2D eigenvalue weighted by molar-refractivity contribution is 5.77. The number of aryl methyl sites for hydroxylation is 2. The summed E-state index contributed by atoms with van der Waals surface area (Å²) >= 11 is 0. The van der Waals surface area contributed by atoms with Gasteiger partial charge in [-0.3, -0.25) is 9.89 Å². The van der Waals surface area contributed by atoms with Gasteiger partial charge in [-0.2, -0.15) is 0 Å². The zero-order chi connectivity index (χ0) is 16.5. The Morgan fingerprint density at radius 2 is 1.91 bits per heavy atom. The van der Waals surface area contributed by atoms with E-state index in [-0.39, 0.29) is 0 Å². The molecule has 0 bridgehead atoms. The van der Waals surface area contributed by atoms with Gasteiger partial charge in [0.05, 0.1) is 13.2 Å². The number of hydrogen-bond acceptors (Lipinski definition) is 3. The number of rotatable bonds is 7. The molecule has 1 saturated heterocycles. The molecule has 5 nitrogen and oxygen atoms in total. The molecule has 0 spiro atoms. The van der Waals surface area contributed by atoms with E-state index in [0.717, 1.165) is 58.8 Å². The Balaban J connectivity index is 1.60. The molecule has 0 atom stereocenters. The molecule has 5 heteroatoms. The molecule has 0 saturated carbocycles. The average Bonchev–Trinajstić information content (AvgIpc) is 2.52. The van der Waals surface area contributed by atoms with Crippen LogP contribution in [-0.2, 0) is 11.2 Å². The van der Waals surface area contributed by atoms with Crippen LogP contribution < -0.4 is 11.1 Å². The van der Waals surface area contributed by atoms with Crippen molar-refractivity contribution in [3.63, 3.8) is 0 Å². The third kappa shape index (κ3) is 7.01. The standard InChI is InChI=1S/C18H30N4O/c1-15-12-16(2)14-17(13-15)4-6-21-18(19)20-5-3-7-22-8-10-23-11-9-22/h12-14H,3-11H2,1-2H3,(H3,19,20,21). The van der Waals surface area contributed by atoms with E-state index < -0.39 is 0 Å². The molecule has 0 aliphatic carbocycles. The lowest BCUT2D eigenvalue weighted by Gasteiger charge is -2.26. The first-order chi connectivity index (χ1) is 11.1. The number of nitrogens with one attached hydrogen (secondary N) is 1. The van der Waals surface area contributed by atoms with Crippen LogP contribution in [-0.4, -0.2) is 56.8 Å². The monoisotopic (exact) mass is 318 g/mol. The van der Waals surface area contributed by atoms with E-state index in [1.165, 1.54) is 16.7 Å². The molecule has 1 aromatic rings. The SMILES string of the molecule is Cc1cc(C)cc(CCNC(N)=NCCCN2CCOCC2)c1. The highest BCUT2D eigenvalue weighted by atomic mass is 16.5. The van der Waals surface area contributed by atoms with Crippen LogP contribution >= 0.6 is 0 Å². The number of aliphatic imine (C=N–C) groups is 1. The number of nitrogens with two attached hydrogens (primary N) is 1. The molecular formula is C18H30N4O. The van der Waals surface area contributed by atoms with Gasteiger partial charge in [0.2, 0.25) is 0 Å². The van der Waals surface area contributed by atoms with Crippen molar-refractivity contribution in [3.05, 3.63) is 34.9 Å². The van der Waals surface area contributed by atoms with Crippen molar-refractivity contribution in [1.82, 2.24) is 10.2 Å². The smallest absolute Gasteiger partial charge is 0.188 e. The minimum atomic E-state index is 0.552. The first-order valence-corrected chi connectivity index (χ1v) is 8.54. The van der Waals surface area contributed by atoms with Crippen molar-refractivity contribution < 1.29 is 4.74 Å². The molecule has 128 valence electrons. The summed E-state index contributed by atoms with van der Waals surface area (Å²) in [6, 6.07) is 6.65. The van der Waals surface area contributed by atoms with Gasteiger partial charge in [-0.05, 0) is 32.3 Å². The minimum absolute atomic E-state index is 0.552. The average molecular weight is 318 g/mol. The van der Waals surface area contributed by atoms with Crippen LogP contribution in [0, 0.1) is 13.8 Å². The van der Waals surface area contributed by atoms with E-state index in [0.29, 0.717) is 5.96 Å². The summed E-state index contributed by atoms with van der Waals surface area (Å²) in [5, 5.41) is 3.20. The highest BCUT2D eigenvalue weighted by Gasteiger charge is 2.08. The van der Waals surface area contributed by atoms with Crippen molar-refractivity contribution >= 4 is 5.96 Å². The van der Waals surface area contributed by atoms with Gasteiger partial charge in [-0.15, -0.1) is 0 Å². The molecule has 1 fully saturated rings. The maximum absolute atomic E-state index is 5.92. The lowest BCUT2D eigenvalue weighted by molar-refractivity contribution is 0.0377. The van der Waals surface area contributed by atoms with Crippen LogP contribution in [0.4, 0.5) is 0 Å². The Bertz CT molecular complexity index is 489. The second-order valence-corrected chi connectivity index (χ2v) is 6.25. The summed E-state index contributed by atoms with van der Waals surface area (Å²) in [6.45, 7) is 10.7. The first kappa shape index (κ1) is 17.8. The van der Waals surface area contributed by atoms with E-state index in [2.05, 4.69) is 47.3 Å². The van der Waals surface area contributed by atoms with Crippen molar-refractivity contribution in [2.75, 3.05) is 45.9 Å². The summed E-state index contributed by atoms with van der Waals surface area (Å²) < 4.78 is 5.34.